The molecule has 0 aliphatic heterocycles. The fourth-order valence-corrected chi connectivity index (χ4v) is 5.35. The van der Waals surface area contributed by atoms with Gasteiger partial charge in [-0.1, -0.05) is 0 Å². The highest BCUT2D eigenvalue weighted by atomic mass is 32.2. The summed E-state index contributed by atoms with van der Waals surface area (Å²) >= 11 is 0. The lowest BCUT2D eigenvalue weighted by atomic mass is 9.49. The number of hydrogen-bond acceptors (Lipinski definition) is 7. The SMILES string of the molecule is O=C(COC(=O)C12CC3CC(C1)C(=O)C(C3)C2)OC(C(F)(F)F)C(F)(F)S(=O)(=O)O. The van der Waals surface area contributed by atoms with Crippen molar-refractivity contribution in [3.05, 3.63) is 0 Å². The van der Waals surface area contributed by atoms with Crippen LogP contribution in [0.2, 0.25) is 0 Å². The van der Waals surface area contributed by atoms with Crippen molar-refractivity contribution in [2.45, 2.75) is 49.6 Å². The van der Waals surface area contributed by atoms with Gasteiger partial charge in [0.05, 0.1) is 5.41 Å². The molecule has 0 amide bonds. The number of esters is 2. The molecule has 4 aliphatic rings. The van der Waals surface area contributed by atoms with Gasteiger partial charge < -0.3 is 9.47 Å². The van der Waals surface area contributed by atoms with Crippen LogP contribution in [-0.2, 0) is 34.0 Å². The van der Waals surface area contributed by atoms with Crippen LogP contribution >= 0.6 is 0 Å². The van der Waals surface area contributed by atoms with Crippen LogP contribution in [0.25, 0.3) is 0 Å². The molecule has 0 spiro atoms. The molecule has 8 nitrogen and oxygen atoms in total. The molecule has 4 aliphatic carbocycles. The maximum Gasteiger partial charge on any atom is 0.432 e. The molecule has 1 N–H and O–H groups in total. The summed E-state index contributed by atoms with van der Waals surface area (Å²) in [6.07, 6.45) is -8.54. The zero-order valence-corrected chi connectivity index (χ0v) is 16.0. The lowest BCUT2D eigenvalue weighted by Crippen LogP contribution is -2.55. The van der Waals surface area contributed by atoms with Crippen molar-refractivity contribution in [1.82, 2.24) is 0 Å². The van der Waals surface area contributed by atoms with E-state index >= 15 is 0 Å². The van der Waals surface area contributed by atoms with E-state index in [0.717, 1.165) is 0 Å². The van der Waals surface area contributed by atoms with E-state index in [0.29, 0.717) is 19.3 Å². The van der Waals surface area contributed by atoms with E-state index in [1.807, 2.05) is 0 Å². The number of hydrogen-bond donors (Lipinski definition) is 1. The summed E-state index contributed by atoms with van der Waals surface area (Å²) in [5, 5.41) is -5.87. The summed E-state index contributed by atoms with van der Waals surface area (Å²) in [7, 11) is -6.57. The maximum absolute atomic E-state index is 13.4. The molecular formula is C16H17F5O8S. The van der Waals surface area contributed by atoms with Gasteiger partial charge in [0.15, 0.2) is 6.61 Å². The fraction of sp³-hybridized carbons (Fsp3) is 0.812. The van der Waals surface area contributed by atoms with Gasteiger partial charge in [-0.3, -0.25) is 14.1 Å². The van der Waals surface area contributed by atoms with Crippen LogP contribution in [0.1, 0.15) is 32.1 Å². The van der Waals surface area contributed by atoms with Crippen molar-refractivity contribution < 1.29 is 58.8 Å². The molecule has 4 bridgehead atoms. The van der Waals surface area contributed by atoms with Crippen molar-refractivity contribution in [3.63, 3.8) is 0 Å². The van der Waals surface area contributed by atoms with Gasteiger partial charge in [-0.05, 0) is 38.0 Å². The van der Waals surface area contributed by atoms with Crippen molar-refractivity contribution in [2.75, 3.05) is 6.61 Å². The molecule has 0 aromatic rings. The molecule has 170 valence electrons. The standard InChI is InChI=1S/C16H17F5O8S/c17-15(18,19)12(16(20,21)30(25,26)27)29-10(22)6-28-13(24)14-3-7-1-8(4-14)11(23)9(2-7)5-14/h7-9,12H,1-6H2,(H,25,26,27). The number of rotatable bonds is 6. The third-order valence-corrected chi connectivity index (χ3v) is 6.85. The van der Waals surface area contributed by atoms with Crippen molar-refractivity contribution in [1.29, 1.82) is 0 Å². The number of Topliss-reactive ketones (excluding diaryl/α,β-unsaturated/α-hetero) is 1. The average molecular weight is 464 g/mol. The summed E-state index contributed by atoms with van der Waals surface area (Å²) in [6.45, 7) is -1.47. The van der Waals surface area contributed by atoms with Gasteiger partial charge in [0.25, 0.3) is 6.10 Å². The molecule has 0 radical (unpaired) electrons. The van der Waals surface area contributed by atoms with E-state index < -0.39 is 51.6 Å². The van der Waals surface area contributed by atoms with Crippen LogP contribution < -0.4 is 0 Å². The number of ketones is 1. The first kappa shape index (κ1) is 22.8. The Labute approximate surface area is 166 Å². The van der Waals surface area contributed by atoms with E-state index in [2.05, 4.69) is 9.47 Å². The van der Waals surface area contributed by atoms with Crippen LogP contribution in [0, 0.1) is 23.2 Å². The molecule has 30 heavy (non-hydrogen) atoms. The highest BCUT2D eigenvalue weighted by Crippen LogP contribution is 2.59. The molecule has 3 atom stereocenters. The van der Waals surface area contributed by atoms with Crippen LogP contribution in [0.3, 0.4) is 0 Å². The molecule has 4 rings (SSSR count). The molecule has 0 aromatic carbocycles. The van der Waals surface area contributed by atoms with Gasteiger partial charge in [-0.25, -0.2) is 4.79 Å². The van der Waals surface area contributed by atoms with Crippen molar-refractivity contribution in [2.24, 2.45) is 23.2 Å². The molecule has 0 aromatic heterocycles. The van der Waals surface area contributed by atoms with E-state index in [1.54, 1.807) is 0 Å². The average Bonchev–Trinajstić information content (AvgIpc) is 2.59. The number of carbonyl (C=O) groups excluding carboxylic acids is 3. The first-order valence-electron chi connectivity index (χ1n) is 8.89. The van der Waals surface area contributed by atoms with E-state index in [9.17, 15) is 44.8 Å². The molecule has 0 heterocycles. The van der Waals surface area contributed by atoms with Gasteiger partial charge in [-0.15, -0.1) is 0 Å². The Hall–Kier alpha value is -1.83. The van der Waals surface area contributed by atoms with Crippen LogP contribution in [0.4, 0.5) is 22.0 Å². The topological polar surface area (TPSA) is 124 Å². The molecule has 3 unspecified atom stereocenters. The van der Waals surface area contributed by atoms with Gasteiger partial charge in [0, 0.05) is 11.8 Å². The number of carbonyl (C=O) groups is 3. The Bertz CT molecular complexity index is 849. The minimum absolute atomic E-state index is 0.0502. The largest absolute Gasteiger partial charge is 0.453 e. The molecule has 0 saturated heterocycles. The van der Waals surface area contributed by atoms with Crippen LogP contribution in [0.5, 0.6) is 0 Å². The molecule has 14 heteroatoms. The first-order chi connectivity index (χ1) is 13.6. The summed E-state index contributed by atoms with van der Waals surface area (Å²) in [5.41, 5.74) is -1.08. The quantitative estimate of drug-likeness (QED) is 0.359. The van der Waals surface area contributed by atoms with Crippen LogP contribution in [-0.4, -0.2) is 54.8 Å². The summed E-state index contributed by atoms with van der Waals surface area (Å²) in [5.74, 6) is -3.54. The Balaban J connectivity index is 1.65. The third-order valence-electron chi connectivity index (χ3n) is 5.94. The number of alkyl halides is 5. The summed E-state index contributed by atoms with van der Waals surface area (Å²) in [4.78, 5) is 36.2. The third kappa shape index (κ3) is 3.90. The second kappa shape index (κ2) is 7.11. The normalized spacial score (nSPS) is 32.1. The van der Waals surface area contributed by atoms with E-state index in [1.165, 1.54) is 0 Å². The summed E-state index contributed by atoms with van der Waals surface area (Å²) in [6, 6.07) is 0. The van der Waals surface area contributed by atoms with Gasteiger partial charge in [-0.2, -0.15) is 30.4 Å². The van der Waals surface area contributed by atoms with Crippen molar-refractivity contribution >= 4 is 27.8 Å². The predicted octanol–water partition coefficient (Wildman–Crippen LogP) is 1.88. The lowest BCUT2D eigenvalue weighted by Gasteiger charge is -2.53. The smallest absolute Gasteiger partial charge is 0.432 e. The molecular weight excluding hydrogens is 447 g/mol. The highest BCUT2D eigenvalue weighted by Gasteiger charge is 2.66. The van der Waals surface area contributed by atoms with Crippen molar-refractivity contribution in [3.8, 4) is 0 Å². The Morgan fingerprint density at radius 1 is 1.10 bits per heavy atom. The Morgan fingerprint density at radius 3 is 2.10 bits per heavy atom. The number of halogens is 5. The lowest BCUT2D eigenvalue weighted by molar-refractivity contribution is -0.260. The van der Waals surface area contributed by atoms with Gasteiger partial charge in [0.1, 0.15) is 5.78 Å². The van der Waals surface area contributed by atoms with Gasteiger partial charge in [0.2, 0.25) is 0 Å². The Kier molecular flexibility index (Phi) is 5.41. The van der Waals surface area contributed by atoms with Gasteiger partial charge >= 0.3 is 33.5 Å². The molecule has 4 fully saturated rings. The van der Waals surface area contributed by atoms with E-state index in [-0.39, 0.29) is 36.4 Å². The minimum Gasteiger partial charge on any atom is -0.453 e. The second-order valence-corrected chi connectivity index (χ2v) is 9.55. The first-order valence-corrected chi connectivity index (χ1v) is 10.3. The Morgan fingerprint density at radius 2 is 1.63 bits per heavy atom. The highest BCUT2D eigenvalue weighted by molar-refractivity contribution is 7.86. The summed E-state index contributed by atoms with van der Waals surface area (Å²) < 4.78 is 103. The monoisotopic (exact) mass is 464 g/mol. The molecule has 4 saturated carbocycles. The second-order valence-electron chi connectivity index (χ2n) is 8.05. The van der Waals surface area contributed by atoms with E-state index in [4.69, 9.17) is 4.55 Å². The predicted molar refractivity (Wildman–Crippen MR) is 84.4 cm³/mol. The maximum atomic E-state index is 13.4. The fourth-order valence-electron chi connectivity index (χ4n) is 4.90. The zero-order chi connectivity index (χ0) is 22.7. The number of ether oxygens (including phenoxy) is 2. The minimum atomic E-state index is -6.57. The van der Waals surface area contributed by atoms with Crippen LogP contribution in [0.15, 0.2) is 0 Å². The zero-order valence-electron chi connectivity index (χ0n) is 15.2.